The topological polar surface area (TPSA) is 38.9 Å². The molecule has 0 fully saturated rings. The Hall–Kier alpha value is -1.49. The Morgan fingerprint density at radius 2 is 2.05 bits per heavy atom. The normalized spacial score (nSPS) is 10.8. The van der Waals surface area contributed by atoms with Gasteiger partial charge in [0.2, 0.25) is 0 Å². The molecule has 0 saturated carbocycles. The number of rotatable bonds is 3. The molecule has 2 aromatic carbocycles. The third-order valence-corrected chi connectivity index (χ3v) is 4.85. The fraction of sp³-hybridized carbons (Fsp3) is 0.118. The maximum absolute atomic E-state index is 5.70. The van der Waals surface area contributed by atoms with Gasteiger partial charge in [-0.1, -0.05) is 46.3 Å². The van der Waals surface area contributed by atoms with Gasteiger partial charge in [0, 0.05) is 27.5 Å². The second-order valence-corrected chi connectivity index (χ2v) is 6.64. The minimum absolute atomic E-state index is 0.550. The SMILES string of the molecule is Cc1ccc(-c2nc(-c3cccc(CN)c3)cs2)c(Br)c1. The van der Waals surface area contributed by atoms with Crippen LogP contribution in [0.2, 0.25) is 0 Å². The molecule has 0 bridgehead atoms. The Morgan fingerprint density at radius 1 is 1.19 bits per heavy atom. The van der Waals surface area contributed by atoms with Crippen LogP contribution in [0.4, 0.5) is 0 Å². The first-order valence-corrected chi connectivity index (χ1v) is 8.36. The standard InChI is InChI=1S/C17H15BrN2S/c1-11-5-6-14(15(18)7-11)17-20-16(10-21-17)13-4-2-3-12(8-13)9-19/h2-8,10H,9,19H2,1H3. The summed E-state index contributed by atoms with van der Waals surface area (Å²) in [4.78, 5) is 4.76. The third kappa shape index (κ3) is 3.07. The Bertz CT molecular complexity index is 780. The van der Waals surface area contributed by atoms with Gasteiger partial charge in [0.1, 0.15) is 5.01 Å². The summed E-state index contributed by atoms with van der Waals surface area (Å²) in [6.45, 7) is 2.63. The van der Waals surface area contributed by atoms with Gasteiger partial charge in [0.25, 0.3) is 0 Å². The third-order valence-electron chi connectivity index (χ3n) is 3.32. The Morgan fingerprint density at radius 3 is 2.81 bits per heavy atom. The van der Waals surface area contributed by atoms with E-state index in [0.29, 0.717) is 6.54 Å². The van der Waals surface area contributed by atoms with Gasteiger partial charge in [0.05, 0.1) is 5.69 Å². The summed E-state index contributed by atoms with van der Waals surface area (Å²) in [5.41, 5.74) is 11.3. The molecule has 4 heteroatoms. The highest BCUT2D eigenvalue weighted by Crippen LogP contribution is 2.34. The van der Waals surface area contributed by atoms with Crippen LogP contribution in [-0.2, 0) is 6.54 Å². The van der Waals surface area contributed by atoms with Crippen LogP contribution in [0.5, 0.6) is 0 Å². The number of halogens is 1. The van der Waals surface area contributed by atoms with Gasteiger partial charge < -0.3 is 5.73 Å². The minimum Gasteiger partial charge on any atom is -0.326 e. The predicted molar refractivity (Wildman–Crippen MR) is 93.3 cm³/mol. The lowest BCUT2D eigenvalue weighted by Crippen LogP contribution is -1.95. The number of nitrogens with two attached hydrogens (primary N) is 1. The molecule has 2 nitrogen and oxygen atoms in total. The number of aromatic nitrogens is 1. The Balaban J connectivity index is 1.99. The van der Waals surface area contributed by atoms with E-state index in [1.807, 2.05) is 12.1 Å². The summed E-state index contributed by atoms with van der Waals surface area (Å²) >= 11 is 5.28. The van der Waals surface area contributed by atoms with Gasteiger partial charge in [-0.25, -0.2) is 4.98 Å². The maximum atomic E-state index is 5.70. The Labute approximate surface area is 136 Å². The molecular weight excluding hydrogens is 344 g/mol. The molecule has 3 aromatic rings. The number of thiazole rings is 1. The summed E-state index contributed by atoms with van der Waals surface area (Å²) < 4.78 is 1.08. The van der Waals surface area contributed by atoms with E-state index in [9.17, 15) is 0 Å². The van der Waals surface area contributed by atoms with Crippen LogP contribution in [0.1, 0.15) is 11.1 Å². The first-order valence-electron chi connectivity index (χ1n) is 6.69. The van der Waals surface area contributed by atoms with Crippen molar-refractivity contribution < 1.29 is 0 Å². The van der Waals surface area contributed by atoms with Crippen molar-refractivity contribution in [1.82, 2.24) is 4.98 Å². The van der Waals surface area contributed by atoms with Crippen LogP contribution in [0.25, 0.3) is 21.8 Å². The summed E-state index contributed by atoms with van der Waals surface area (Å²) in [6.07, 6.45) is 0. The van der Waals surface area contributed by atoms with Crippen molar-refractivity contribution in [1.29, 1.82) is 0 Å². The van der Waals surface area contributed by atoms with E-state index in [1.54, 1.807) is 11.3 Å². The van der Waals surface area contributed by atoms with E-state index in [4.69, 9.17) is 10.7 Å². The van der Waals surface area contributed by atoms with E-state index in [2.05, 4.69) is 58.6 Å². The van der Waals surface area contributed by atoms with Crippen LogP contribution >= 0.6 is 27.3 Å². The zero-order chi connectivity index (χ0) is 14.8. The number of nitrogens with zero attached hydrogens (tertiary/aromatic N) is 1. The molecular formula is C17H15BrN2S. The quantitative estimate of drug-likeness (QED) is 0.714. The first kappa shape index (κ1) is 14.4. The molecule has 3 rings (SSSR count). The highest BCUT2D eigenvalue weighted by Gasteiger charge is 2.10. The molecule has 0 amide bonds. The zero-order valence-electron chi connectivity index (χ0n) is 11.6. The number of hydrogen-bond acceptors (Lipinski definition) is 3. The summed E-state index contributed by atoms with van der Waals surface area (Å²) in [5, 5.41) is 3.12. The van der Waals surface area contributed by atoms with E-state index in [1.165, 1.54) is 5.56 Å². The highest BCUT2D eigenvalue weighted by molar-refractivity contribution is 9.10. The lowest BCUT2D eigenvalue weighted by atomic mass is 10.1. The van der Waals surface area contributed by atoms with Gasteiger partial charge in [-0.15, -0.1) is 11.3 Å². The maximum Gasteiger partial charge on any atom is 0.125 e. The van der Waals surface area contributed by atoms with Crippen molar-refractivity contribution >= 4 is 27.3 Å². The van der Waals surface area contributed by atoms with Gasteiger partial charge in [0.15, 0.2) is 0 Å². The van der Waals surface area contributed by atoms with Crippen molar-refractivity contribution in [3.8, 4) is 21.8 Å². The molecule has 0 unspecified atom stereocenters. The van der Waals surface area contributed by atoms with E-state index in [-0.39, 0.29) is 0 Å². The van der Waals surface area contributed by atoms with Crippen LogP contribution < -0.4 is 5.73 Å². The fourth-order valence-electron chi connectivity index (χ4n) is 2.18. The summed E-state index contributed by atoms with van der Waals surface area (Å²) in [7, 11) is 0. The molecule has 2 N–H and O–H groups in total. The van der Waals surface area contributed by atoms with Crippen molar-refractivity contribution in [2.45, 2.75) is 13.5 Å². The largest absolute Gasteiger partial charge is 0.326 e. The van der Waals surface area contributed by atoms with Crippen LogP contribution in [0, 0.1) is 6.92 Å². The predicted octanol–water partition coefficient (Wildman–Crippen LogP) is 5.01. The average molecular weight is 359 g/mol. The van der Waals surface area contributed by atoms with Crippen molar-refractivity contribution in [2.75, 3.05) is 0 Å². The lowest BCUT2D eigenvalue weighted by molar-refractivity contribution is 1.07. The molecule has 0 saturated heterocycles. The van der Waals surface area contributed by atoms with Gasteiger partial charge in [-0.2, -0.15) is 0 Å². The van der Waals surface area contributed by atoms with Gasteiger partial charge in [-0.05, 0) is 30.2 Å². The van der Waals surface area contributed by atoms with Crippen molar-refractivity contribution in [2.24, 2.45) is 5.73 Å². The van der Waals surface area contributed by atoms with Crippen molar-refractivity contribution in [3.63, 3.8) is 0 Å². The molecule has 1 heterocycles. The molecule has 21 heavy (non-hydrogen) atoms. The van der Waals surface area contributed by atoms with Gasteiger partial charge in [-0.3, -0.25) is 0 Å². The molecule has 106 valence electrons. The van der Waals surface area contributed by atoms with Crippen LogP contribution in [0.15, 0.2) is 52.3 Å². The van der Waals surface area contributed by atoms with Crippen LogP contribution in [0.3, 0.4) is 0 Å². The van der Waals surface area contributed by atoms with Crippen LogP contribution in [-0.4, -0.2) is 4.98 Å². The van der Waals surface area contributed by atoms with E-state index in [0.717, 1.165) is 31.9 Å². The van der Waals surface area contributed by atoms with E-state index < -0.39 is 0 Å². The molecule has 0 spiro atoms. The van der Waals surface area contributed by atoms with E-state index >= 15 is 0 Å². The molecule has 0 atom stereocenters. The average Bonchev–Trinajstić information content (AvgIpc) is 2.97. The second kappa shape index (κ2) is 6.10. The highest BCUT2D eigenvalue weighted by atomic mass is 79.9. The Kier molecular flexibility index (Phi) is 4.19. The zero-order valence-corrected chi connectivity index (χ0v) is 14.0. The molecule has 1 aromatic heterocycles. The smallest absolute Gasteiger partial charge is 0.125 e. The van der Waals surface area contributed by atoms with Gasteiger partial charge >= 0.3 is 0 Å². The number of aryl methyl sites for hydroxylation is 1. The first-order chi connectivity index (χ1) is 10.2. The minimum atomic E-state index is 0.550. The molecule has 0 radical (unpaired) electrons. The molecule has 0 aliphatic carbocycles. The summed E-state index contributed by atoms with van der Waals surface area (Å²) in [5.74, 6) is 0. The monoisotopic (exact) mass is 358 g/mol. The molecule has 0 aliphatic heterocycles. The number of benzene rings is 2. The number of hydrogen-bond donors (Lipinski definition) is 1. The summed E-state index contributed by atoms with van der Waals surface area (Å²) in [6, 6.07) is 14.6. The fourth-order valence-corrected chi connectivity index (χ4v) is 3.86. The lowest BCUT2D eigenvalue weighted by Gasteiger charge is -2.02. The van der Waals surface area contributed by atoms with Crippen molar-refractivity contribution in [3.05, 3.63) is 63.4 Å². The molecule has 0 aliphatic rings. The second-order valence-electron chi connectivity index (χ2n) is 4.93.